The number of carbonyl (C=O) groups is 1. The molecule has 3 aromatic rings. The summed E-state index contributed by atoms with van der Waals surface area (Å²) in [6, 6.07) is 8.12. The van der Waals surface area contributed by atoms with Gasteiger partial charge in [0.1, 0.15) is 5.01 Å². The minimum absolute atomic E-state index is 0.150. The third-order valence-electron chi connectivity index (χ3n) is 3.72. The zero-order valence-electron chi connectivity index (χ0n) is 13.6. The van der Waals surface area contributed by atoms with Crippen LogP contribution in [0.4, 0.5) is 5.69 Å². The van der Waals surface area contributed by atoms with Crippen LogP contribution in [-0.4, -0.2) is 30.1 Å². The number of ether oxygens (including phenoxy) is 2. The molecule has 0 atom stereocenters. The van der Waals surface area contributed by atoms with Crippen molar-refractivity contribution in [3.05, 3.63) is 53.0 Å². The predicted octanol–water partition coefficient (Wildman–Crippen LogP) is 3.35. The molecule has 0 unspecified atom stereocenters. The van der Waals surface area contributed by atoms with Gasteiger partial charge >= 0.3 is 0 Å². The highest BCUT2D eigenvalue weighted by atomic mass is 32.1. The van der Waals surface area contributed by atoms with E-state index >= 15 is 0 Å². The van der Waals surface area contributed by atoms with E-state index < -0.39 is 0 Å². The van der Waals surface area contributed by atoms with Gasteiger partial charge in [0.15, 0.2) is 17.3 Å². The summed E-state index contributed by atoms with van der Waals surface area (Å²) in [6.45, 7) is 0. The highest BCUT2D eigenvalue weighted by Crippen LogP contribution is 2.38. The van der Waals surface area contributed by atoms with Gasteiger partial charge in [0, 0.05) is 34.0 Å². The molecule has 128 valence electrons. The van der Waals surface area contributed by atoms with Gasteiger partial charge in [0.05, 0.1) is 14.2 Å². The fraction of sp³-hybridized carbons (Fsp3) is 0.111. The number of phenols is 1. The predicted molar refractivity (Wildman–Crippen MR) is 96.6 cm³/mol. The van der Waals surface area contributed by atoms with Crippen LogP contribution in [0.2, 0.25) is 0 Å². The number of hydrogen-bond acceptors (Lipinski definition) is 7. The third kappa shape index (κ3) is 3.14. The summed E-state index contributed by atoms with van der Waals surface area (Å²) in [7, 11) is 2.81. The number of nitrogen functional groups attached to an aromatic ring is 1. The molecule has 0 saturated carbocycles. The minimum atomic E-state index is -0.299. The molecule has 0 bridgehead atoms. The standard InChI is InChI=1S/C18H16N2O4S/c1-23-14-8-11(9-15(24-2)17(14)22)16(21)12-7-10(3-4-13(12)19)18-20-5-6-25-18/h3-9,22H,19H2,1-2H3. The molecule has 3 rings (SSSR count). The monoisotopic (exact) mass is 356 g/mol. The quantitative estimate of drug-likeness (QED) is 0.538. The van der Waals surface area contributed by atoms with Crippen LogP contribution in [0, 0.1) is 0 Å². The number of thiazole rings is 1. The number of rotatable bonds is 5. The number of aromatic hydroxyl groups is 1. The maximum Gasteiger partial charge on any atom is 0.200 e. The Hall–Kier alpha value is -3.06. The second kappa shape index (κ2) is 6.82. The molecule has 7 heteroatoms. The topological polar surface area (TPSA) is 94.7 Å². The number of nitrogens with zero attached hydrogens (tertiary/aromatic N) is 1. The zero-order valence-corrected chi connectivity index (χ0v) is 14.5. The van der Waals surface area contributed by atoms with E-state index in [2.05, 4.69) is 4.98 Å². The maximum atomic E-state index is 12.9. The van der Waals surface area contributed by atoms with E-state index in [1.807, 2.05) is 11.4 Å². The van der Waals surface area contributed by atoms with E-state index in [0.717, 1.165) is 10.6 Å². The zero-order chi connectivity index (χ0) is 18.0. The van der Waals surface area contributed by atoms with Gasteiger partial charge in [-0.2, -0.15) is 0 Å². The molecule has 0 aliphatic carbocycles. The van der Waals surface area contributed by atoms with E-state index in [1.165, 1.54) is 37.7 Å². The summed E-state index contributed by atoms with van der Waals surface area (Å²) in [4.78, 5) is 17.2. The Kier molecular flexibility index (Phi) is 4.58. The highest BCUT2D eigenvalue weighted by molar-refractivity contribution is 7.13. The van der Waals surface area contributed by atoms with Crippen molar-refractivity contribution in [2.75, 3.05) is 20.0 Å². The Morgan fingerprint density at radius 2 is 1.84 bits per heavy atom. The van der Waals surface area contributed by atoms with E-state index in [1.54, 1.807) is 18.3 Å². The van der Waals surface area contributed by atoms with Crippen molar-refractivity contribution in [3.63, 3.8) is 0 Å². The summed E-state index contributed by atoms with van der Waals surface area (Å²) < 4.78 is 10.2. The minimum Gasteiger partial charge on any atom is -0.502 e. The normalized spacial score (nSPS) is 10.5. The summed E-state index contributed by atoms with van der Waals surface area (Å²) in [5.74, 6) is -0.159. The maximum absolute atomic E-state index is 12.9. The molecule has 2 aromatic carbocycles. The van der Waals surface area contributed by atoms with Gasteiger partial charge in [0.25, 0.3) is 0 Å². The van der Waals surface area contributed by atoms with Crippen LogP contribution < -0.4 is 15.2 Å². The van der Waals surface area contributed by atoms with Crippen molar-refractivity contribution in [3.8, 4) is 27.8 Å². The largest absolute Gasteiger partial charge is 0.502 e. The van der Waals surface area contributed by atoms with Gasteiger partial charge in [-0.1, -0.05) is 0 Å². The molecule has 6 nitrogen and oxygen atoms in total. The lowest BCUT2D eigenvalue weighted by Crippen LogP contribution is -2.06. The van der Waals surface area contributed by atoms with E-state index in [9.17, 15) is 9.90 Å². The molecule has 0 aliphatic heterocycles. The molecule has 0 fully saturated rings. The van der Waals surface area contributed by atoms with Crippen LogP contribution in [0.15, 0.2) is 41.9 Å². The van der Waals surface area contributed by atoms with Crippen LogP contribution in [-0.2, 0) is 0 Å². The summed E-state index contributed by atoms with van der Waals surface area (Å²) in [5.41, 5.74) is 7.82. The molecule has 1 aromatic heterocycles. The average molecular weight is 356 g/mol. The fourth-order valence-electron chi connectivity index (χ4n) is 2.43. The number of methoxy groups -OCH3 is 2. The SMILES string of the molecule is COc1cc(C(=O)c2cc(-c3nccs3)ccc2N)cc(OC)c1O. The second-order valence-electron chi connectivity index (χ2n) is 5.20. The van der Waals surface area contributed by atoms with Gasteiger partial charge in [-0.25, -0.2) is 4.98 Å². The van der Waals surface area contributed by atoms with Gasteiger partial charge in [-0.15, -0.1) is 11.3 Å². The van der Waals surface area contributed by atoms with Crippen LogP contribution >= 0.6 is 11.3 Å². The van der Waals surface area contributed by atoms with E-state index in [-0.39, 0.29) is 23.0 Å². The number of aromatic nitrogens is 1. The average Bonchev–Trinajstić information content (AvgIpc) is 3.16. The molecule has 3 N–H and O–H groups in total. The second-order valence-corrected chi connectivity index (χ2v) is 6.09. The van der Waals surface area contributed by atoms with Crippen molar-refractivity contribution in [1.29, 1.82) is 0 Å². The molecule has 0 amide bonds. The molecule has 0 radical (unpaired) electrons. The summed E-state index contributed by atoms with van der Waals surface area (Å²) in [5, 5.41) is 12.7. The Labute approximate surface area is 148 Å². The van der Waals surface area contributed by atoms with Crippen molar-refractivity contribution >= 4 is 22.8 Å². The van der Waals surface area contributed by atoms with Gasteiger partial charge in [-0.3, -0.25) is 4.79 Å². The van der Waals surface area contributed by atoms with Crippen molar-refractivity contribution in [2.45, 2.75) is 0 Å². The summed E-state index contributed by atoms with van der Waals surface area (Å²) >= 11 is 1.48. The van der Waals surface area contributed by atoms with Crippen LogP contribution in [0.1, 0.15) is 15.9 Å². The van der Waals surface area contributed by atoms with Gasteiger partial charge in [-0.05, 0) is 30.3 Å². The van der Waals surface area contributed by atoms with Crippen LogP contribution in [0.25, 0.3) is 10.6 Å². The van der Waals surface area contributed by atoms with Gasteiger partial charge < -0.3 is 20.3 Å². The number of carbonyl (C=O) groups excluding carboxylic acids is 1. The Balaban J connectivity index is 2.08. The molecule has 1 heterocycles. The lowest BCUT2D eigenvalue weighted by molar-refractivity contribution is 0.103. The summed E-state index contributed by atoms with van der Waals surface area (Å²) in [6.07, 6.45) is 1.70. The number of anilines is 1. The smallest absolute Gasteiger partial charge is 0.200 e. The number of nitrogens with two attached hydrogens (primary N) is 1. The van der Waals surface area contributed by atoms with E-state index in [4.69, 9.17) is 15.2 Å². The first-order valence-electron chi connectivity index (χ1n) is 7.34. The van der Waals surface area contributed by atoms with E-state index in [0.29, 0.717) is 16.8 Å². The highest BCUT2D eigenvalue weighted by Gasteiger charge is 2.19. The first-order chi connectivity index (χ1) is 12.0. The fourth-order valence-corrected chi connectivity index (χ4v) is 3.07. The molecule has 0 aliphatic rings. The molecule has 0 saturated heterocycles. The number of hydrogen-bond donors (Lipinski definition) is 2. The number of benzene rings is 2. The molecule has 25 heavy (non-hydrogen) atoms. The van der Waals surface area contributed by atoms with Gasteiger partial charge in [0.2, 0.25) is 5.75 Å². The molecular weight excluding hydrogens is 340 g/mol. The molecular formula is C18H16N2O4S. The Morgan fingerprint density at radius 3 is 2.40 bits per heavy atom. The van der Waals surface area contributed by atoms with Crippen molar-refractivity contribution in [1.82, 2.24) is 4.98 Å². The lowest BCUT2D eigenvalue weighted by atomic mass is 9.99. The Bertz CT molecular complexity index is 898. The first kappa shape index (κ1) is 16.8. The number of ketones is 1. The molecule has 0 spiro atoms. The van der Waals surface area contributed by atoms with Crippen LogP contribution in [0.5, 0.6) is 17.2 Å². The third-order valence-corrected chi connectivity index (χ3v) is 4.54. The van der Waals surface area contributed by atoms with Crippen LogP contribution in [0.3, 0.4) is 0 Å². The van der Waals surface area contributed by atoms with Crippen molar-refractivity contribution in [2.24, 2.45) is 0 Å². The van der Waals surface area contributed by atoms with Crippen molar-refractivity contribution < 1.29 is 19.4 Å². The first-order valence-corrected chi connectivity index (χ1v) is 8.22. The lowest BCUT2D eigenvalue weighted by Gasteiger charge is -2.12. The Morgan fingerprint density at radius 1 is 1.16 bits per heavy atom. The number of phenolic OH excluding ortho intramolecular Hbond substituents is 1.